The molecular weight excluding hydrogens is 417 g/mol. The van der Waals surface area contributed by atoms with Crippen LogP contribution in [0.4, 0.5) is 13.2 Å². The van der Waals surface area contributed by atoms with Crippen molar-refractivity contribution in [2.45, 2.75) is 32.5 Å². The number of nitrogens with zero attached hydrogens (tertiary/aromatic N) is 2. The maximum atomic E-state index is 12.6. The van der Waals surface area contributed by atoms with E-state index < -0.39 is 11.9 Å². The molecule has 2 N–H and O–H groups in total. The zero-order valence-electron chi connectivity index (χ0n) is 17.1. The van der Waals surface area contributed by atoms with E-state index in [1.807, 2.05) is 31.2 Å². The standard InChI is InChI=1S/C20H27F3N4O2S/c1-3-24-19(26-11-9-18-27-17(14-30-18)20(21,22)23)25-10-4-12-29-13-15-5-7-16(28-2)8-6-15/h5-8,14H,3-4,9-13H2,1-2H3,(H2,24,25,26). The molecule has 0 fully saturated rings. The molecule has 0 saturated carbocycles. The fraction of sp³-hybridized carbons (Fsp3) is 0.500. The molecule has 0 unspecified atom stereocenters. The van der Waals surface area contributed by atoms with Crippen molar-refractivity contribution in [1.29, 1.82) is 0 Å². The van der Waals surface area contributed by atoms with Crippen molar-refractivity contribution in [3.05, 3.63) is 45.9 Å². The van der Waals surface area contributed by atoms with E-state index in [9.17, 15) is 13.2 Å². The topological polar surface area (TPSA) is 67.8 Å². The van der Waals surface area contributed by atoms with Crippen molar-refractivity contribution in [2.24, 2.45) is 4.99 Å². The highest BCUT2D eigenvalue weighted by Gasteiger charge is 2.33. The molecule has 0 amide bonds. The van der Waals surface area contributed by atoms with Crippen molar-refractivity contribution in [3.63, 3.8) is 0 Å². The van der Waals surface area contributed by atoms with Crippen LogP contribution in [0.2, 0.25) is 0 Å². The van der Waals surface area contributed by atoms with E-state index in [0.29, 0.717) is 50.2 Å². The number of hydrogen-bond donors (Lipinski definition) is 2. The Morgan fingerprint density at radius 2 is 1.97 bits per heavy atom. The van der Waals surface area contributed by atoms with Crippen LogP contribution >= 0.6 is 11.3 Å². The molecule has 0 atom stereocenters. The quantitative estimate of drug-likeness (QED) is 0.313. The van der Waals surface area contributed by atoms with Gasteiger partial charge in [-0.25, -0.2) is 4.98 Å². The number of alkyl halides is 3. The minimum absolute atomic E-state index is 0.399. The maximum Gasteiger partial charge on any atom is 0.434 e. The largest absolute Gasteiger partial charge is 0.497 e. The van der Waals surface area contributed by atoms with Gasteiger partial charge in [0.25, 0.3) is 0 Å². The van der Waals surface area contributed by atoms with E-state index in [-0.39, 0.29) is 0 Å². The first-order valence-corrected chi connectivity index (χ1v) is 10.5. The molecule has 30 heavy (non-hydrogen) atoms. The molecule has 0 spiro atoms. The van der Waals surface area contributed by atoms with Gasteiger partial charge in [0.2, 0.25) is 0 Å². The van der Waals surface area contributed by atoms with E-state index in [1.165, 1.54) is 0 Å². The van der Waals surface area contributed by atoms with Crippen molar-refractivity contribution in [2.75, 3.05) is 33.4 Å². The lowest BCUT2D eigenvalue weighted by Gasteiger charge is -2.10. The Balaban J connectivity index is 1.66. The van der Waals surface area contributed by atoms with Gasteiger partial charge < -0.3 is 20.1 Å². The summed E-state index contributed by atoms with van der Waals surface area (Å²) in [6.45, 7) is 4.77. The van der Waals surface area contributed by atoms with E-state index in [4.69, 9.17) is 9.47 Å². The summed E-state index contributed by atoms with van der Waals surface area (Å²) in [5, 5.41) is 7.72. The third kappa shape index (κ3) is 8.58. The van der Waals surface area contributed by atoms with Gasteiger partial charge in [0.1, 0.15) is 5.75 Å². The molecule has 166 valence electrons. The van der Waals surface area contributed by atoms with Gasteiger partial charge in [-0.05, 0) is 31.0 Å². The normalized spacial score (nSPS) is 12.1. The minimum Gasteiger partial charge on any atom is -0.497 e. The van der Waals surface area contributed by atoms with Crippen LogP contribution < -0.4 is 15.4 Å². The number of methoxy groups -OCH3 is 1. The van der Waals surface area contributed by atoms with Gasteiger partial charge in [0, 0.05) is 38.0 Å². The number of hydrogen-bond acceptors (Lipinski definition) is 5. The molecule has 2 rings (SSSR count). The highest BCUT2D eigenvalue weighted by atomic mass is 32.1. The van der Waals surface area contributed by atoms with Crippen LogP contribution in [0.5, 0.6) is 5.75 Å². The highest BCUT2D eigenvalue weighted by Crippen LogP contribution is 2.29. The first kappa shape index (κ1) is 23.9. The third-order valence-electron chi connectivity index (χ3n) is 3.96. The van der Waals surface area contributed by atoms with Gasteiger partial charge in [0.15, 0.2) is 11.7 Å². The Labute approximate surface area is 178 Å². The number of aliphatic imine (C=N–C) groups is 1. The Morgan fingerprint density at radius 3 is 2.60 bits per heavy atom. The molecule has 0 saturated heterocycles. The molecule has 2 aromatic rings. The Morgan fingerprint density at radius 1 is 1.20 bits per heavy atom. The second-order valence-corrected chi connectivity index (χ2v) is 7.26. The molecule has 1 heterocycles. The zero-order chi connectivity index (χ0) is 21.8. The Bertz CT molecular complexity index is 779. The molecule has 10 heteroatoms. The summed E-state index contributed by atoms with van der Waals surface area (Å²) >= 11 is 1.01. The van der Waals surface area contributed by atoms with Crippen LogP contribution in [0.3, 0.4) is 0 Å². The lowest BCUT2D eigenvalue weighted by Crippen LogP contribution is -2.38. The molecule has 0 aliphatic carbocycles. The summed E-state index contributed by atoms with van der Waals surface area (Å²) < 4.78 is 48.5. The number of nitrogens with one attached hydrogen (secondary N) is 2. The smallest absolute Gasteiger partial charge is 0.434 e. The van der Waals surface area contributed by atoms with E-state index in [1.54, 1.807) is 7.11 Å². The average molecular weight is 445 g/mol. The van der Waals surface area contributed by atoms with Crippen LogP contribution in [0, 0.1) is 0 Å². The van der Waals surface area contributed by atoms with Gasteiger partial charge >= 0.3 is 6.18 Å². The van der Waals surface area contributed by atoms with Crippen LogP contribution in [0.15, 0.2) is 34.6 Å². The Hall–Kier alpha value is -2.33. The van der Waals surface area contributed by atoms with E-state index >= 15 is 0 Å². The zero-order valence-corrected chi connectivity index (χ0v) is 17.9. The molecule has 1 aromatic heterocycles. The maximum absolute atomic E-state index is 12.6. The molecule has 0 aliphatic rings. The number of rotatable bonds is 11. The number of guanidine groups is 1. The summed E-state index contributed by atoms with van der Waals surface area (Å²) in [6, 6.07) is 7.72. The van der Waals surface area contributed by atoms with Crippen molar-refractivity contribution >= 4 is 17.3 Å². The van der Waals surface area contributed by atoms with E-state index in [0.717, 1.165) is 34.5 Å². The van der Waals surface area contributed by atoms with Gasteiger partial charge in [0.05, 0.1) is 18.7 Å². The fourth-order valence-electron chi connectivity index (χ4n) is 2.45. The first-order valence-electron chi connectivity index (χ1n) is 9.66. The van der Waals surface area contributed by atoms with Crippen LogP contribution in [0.25, 0.3) is 0 Å². The Kier molecular flexibility index (Phi) is 9.88. The third-order valence-corrected chi connectivity index (χ3v) is 4.87. The minimum atomic E-state index is -4.39. The molecule has 0 aliphatic heterocycles. The lowest BCUT2D eigenvalue weighted by molar-refractivity contribution is -0.140. The number of benzene rings is 1. The molecule has 6 nitrogen and oxygen atoms in total. The van der Waals surface area contributed by atoms with Gasteiger partial charge in [-0.15, -0.1) is 11.3 Å². The van der Waals surface area contributed by atoms with Crippen molar-refractivity contribution in [1.82, 2.24) is 15.6 Å². The first-order chi connectivity index (χ1) is 14.4. The summed E-state index contributed by atoms with van der Waals surface area (Å²) in [7, 11) is 1.63. The van der Waals surface area contributed by atoms with Crippen LogP contribution in [-0.2, 0) is 23.9 Å². The lowest BCUT2D eigenvalue weighted by atomic mass is 10.2. The number of halogens is 3. The second kappa shape index (κ2) is 12.4. The van der Waals surface area contributed by atoms with Gasteiger partial charge in [-0.3, -0.25) is 4.99 Å². The van der Waals surface area contributed by atoms with Crippen LogP contribution in [-0.4, -0.2) is 44.3 Å². The van der Waals surface area contributed by atoms with Crippen LogP contribution in [0.1, 0.15) is 29.6 Å². The number of ether oxygens (including phenoxy) is 2. The van der Waals surface area contributed by atoms with Gasteiger partial charge in [-0.1, -0.05) is 12.1 Å². The summed E-state index contributed by atoms with van der Waals surface area (Å²) in [5.74, 6) is 1.44. The number of thiazole rings is 1. The molecule has 0 bridgehead atoms. The second-order valence-electron chi connectivity index (χ2n) is 6.32. The summed E-state index contributed by atoms with van der Waals surface area (Å²) in [4.78, 5) is 8.08. The van der Waals surface area contributed by atoms with Gasteiger partial charge in [-0.2, -0.15) is 13.2 Å². The fourth-order valence-corrected chi connectivity index (χ4v) is 3.26. The van der Waals surface area contributed by atoms with Crippen molar-refractivity contribution < 1.29 is 22.6 Å². The van der Waals surface area contributed by atoms with E-state index in [2.05, 4.69) is 20.6 Å². The van der Waals surface area contributed by atoms with Crippen molar-refractivity contribution in [3.8, 4) is 5.75 Å². The predicted molar refractivity (Wildman–Crippen MR) is 112 cm³/mol. The number of aromatic nitrogens is 1. The molecule has 0 radical (unpaired) electrons. The SMILES string of the molecule is CCNC(=NCCCOCc1ccc(OC)cc1)NCCc1nc(C(F)(F)F)cs1. The highest BCUT2D eigenvalue weighted by molar-refractivity contribution is 7.09. The summed E-state index contributed by atoms with van der Waals surface area (Å²) in [5.41, 5.74) is 0.239. The average Bonchev–Trinajstić information content (AvgIpc) is 3.20. The molecular formula is C20H27F3N4O2S. The predicted octanol–water partition coefficient (Wildman–Crippen LogP) is 3.88. The monoisotopic (exact) mass is 444 g/mol. The summed E-state index contributed by atoms with van der Waals surface area (Å²) in [6.07, 6.45) is -3.24. The molecule has 1 aromatic carbocycles.